The molecule has 0 N–H and O–H groups in total. The van der Waals surface area contributed by atoms with Gasteiger partial charge in [-0.2, -0.15) is 0 Å². The maximum atomic E-state index is 2.64. The number of likely N-dealkylation sites (tertiary alicyclic amines) is 1. The first-order valence-electron chi connectivity index (χ1n) is 8.51. The maximum Gasteiger partial charge on any atom is -0.00183 e. The third-order valence-corrected chi connectivity index (χ3v) is 4.20. The minimum Gasteiger partial charge on any atom is -0.303 e. The van der Waals surface area contributed by atoms with Crippen molar-refractivity contribution in [3.05, 3.63) is 0 Å². The van der Waals surface area contributed by atoms with Crippen molar-refractivity contribution in [3.8, 4) is 0 Å². The molecule has 1 fully saturated rings. The molecular weight excluding hydrogens is 218 g/mol. The Kier molecular flexibility index (Phi) is 9.65. The molecule has 1 heteroatoms. The first-order valence-corrected chi connectivity index (χ1v) is 8.51. The summed E-state index contributed by atoms with van der Waals surface area (Å²) in [5.74, 6) is 0.899. The van der Waals surface area contributed by atoms with Crippen molar-refractivity contribution in [1.29, 1.82) is 0 Å². The van der Waals surface area contributed by atoms with Crippen molar-refractivity contribution >= 4 is 0 Å². The van der Waals surface area contributed by atoms with Gasteiger partial charge < -0.3 is 4.90 Å². The SMILES string of the molecule is CC(C)CCCCCCCCCCN1CCCC1. The van der Waals surface area contributed by atoms with E-state index in [2.05, 4.69) is 18.7 Å². The van der Waals surface area contributed by atoms with Crippen molar-refractivity contribution < 1.29 is 0 Å². The standard InChI is InChI=1S/C17H35N/c1-17(2)13-9-7-5-3-4-6-8-10-14-18-15-11-12-16-18/h17H,3-16H2,1-2H3. The molecule has 18 heavy (non-hydrogen) atoms. The lowest BCUT2D eigenvalue weighted by Crippen LogP contribution is -2.20. The quantitative estimate of drug-likeness (QED) is 0.455. The molecule has 1 aliphatic rings. The second-order valence-corrected chi connectivity index (χ2v) is 6.56. The fraction of sp³-hybridized carbons (Fsp3) is 1.00. The average Bonchev–Trinajstić information content (AvgIpc) is 2.84. The first kappa shape index (κ1) is 16.0. The molecule has 0 saturated carbocycles. The fourth-order valence-electron chi connectivity index (χ4n) is 2.95. The van der Waals surface area contributed by atoms with E-state index in [4.69, 9.17) is 0 Å². The smallest absolute Gasteiger partial charge is 0.00183 e. The van der Waals surface area contributed by atoms with Crippen molar-refractivity contribution in [1.82, 2.24) is 4.90 Å². The highest BCUT2D eigenvalue weighted by Gasteiger charge is 2.09. The number of unbranched alkanes of at least 4 members (excludes halogenated alkanes) is 7. The lowest BCUT2D eigenvalue weighted by Gasteiger charge is -2.13. The number of hydrogen-bond acceptors (Lipinski definition) is 1. The third-order valence-electron chi connectivity index (χ3n) is 4.20. The summed E-state index contributed by atoms with van der Waals surface area (Å²) >= 11 is 0. The summed E-state index contributed by atoms with van der Waals surface area (Å²) in [5.41, 5.74) is 0. The van der Waals surface area contributed by atoms with E-state index in [1.54, 1.807) is 0 Å². The molecule has 0 aromatic heterocycles. The molecule has 0 aromatic rings. The van der Waals surface area contributed by atoms with Crippen LogP contribution >= 0.6 is 0 Å². The molecule has 1 saturated heterocycles. The van der Waals surface area contributed by atoms with E-state index >= 15 is 0 Å². The molecule has 1 heterocycles. The van der Waals surface area contributed by atoms with Gasteiger partial charge in [-0.15, -0.1) is 0 Å². The Labute approximate surface area is 115 Å². The van der Waals surface area contributed by atoms with Gasteiger partial charge in [-0.3, -0.25) is 0 Å². The fourth-order valence-corrected chi connectivity index (χ4v) is 2.95. The molecule has 0 bridgehead atoms. The van der Waals surface area contributed by atoms with Crippen molar-refractivity contribution in [2.75, 3.05) is 19.6 Å². The molecule has 0 aromatic carbocycles. The summed E-state index contributed by atoms with van der Waals surface area (Å²) in [5, 5.41) is 0. The van der Waals surface area contributed by atoms with Gasteiger partial charge in [0.2, 0.25) is 0 Å². The van der Waals surface area contributed by atoms with Crippen LogP contribution in [0.15, 0.2) is 0 Å². The zero-order valence-corrected chi connectivity index (χ0v) is 12.9. The maximum absolute atomic E-state index is 2.64. The predicted molar refractivity (Wildman–Crippen MR) is 82.1 cm³/mol. The largest absolute Gasteiger partial charge is 0.303 e. The minimum absolute atomic E-state index is 0.899. The summed E-state index contributed by atoms with van der Waals surface area (Å²) in [6.45, 7) is 8.78. The van der Waals surface area contributed by atoms with E-state index in [9.17, 15) is 0 Å². The Morgan fingerprint density at radius 2 is 1.22 bits per heavy atom. The molecular formula is C17H35N. The summed E-state index contributed by atoms with van der Waals surface area (Å²) in [7, 11) is 0. The van der Waals surface area contributed by atoms with Crippen LogP contribution in [-0.4, -0.2) is 24.5 Å². The molecule has 0 aliphatic carbocycles. The van der Waals surface area contributed by atoms with Crippen LogP contribution in [0, 0.1) is 5.92 Å². The zero-order chi connectivity index (χ0) is 13.1. The zero-order valence-electron chi connectivity index (χ0n) is 12.9. The predicted octanol–water partition coefficient (Wildman–Crippen LogP) is 5.25. The van der Waals surface area contributed by atoms with E-state index in [1.165, 1.54) is 90.3 Å². The highest BCUT2D eigenvalue weighted by molar-refractivity contribution is 4.65. The van der Waals surface area contributed by atoms with E-state index < -0.39 is 0 Å². The topological polar surface area (TPSA) is 3.24 Å². The van der Waals surface area contributed by atoms with Gasteiger partial charge in [0, 0.05) is 0 Å². The highest BCUT2D eigenvalue weighted by atomic mass is 15.1. The van der Waals surface area contributed by atoms with Gasteiger partial charge in [0.05, 0.1) is 0 Å². The molecule has 0 unspecified atom stereocenters. The number of nitrogens with zero attached hydrogens (tertiary/aromatic N) is 1. The van der Waals surface area contributed by atoms with Crippen LogP contribution in [0.1, 0.15) is 84.5 Å². The van der Waals surface area contributed by atoms with Crippen LogP contribution in [-0.2, 0) is 0 Å². The Balaban J connectivity index is 1.70. The Hall–Kier alpha value is -0.0400. The first-order chi connectivity index (χ1) is 8.79. The summed E-state index contributed by atoms with van der Waals surface area (Å²) in [4.78, 5) is 2.64. The summed E-state index contributed by atoms with van der Waals surface area (Å²) < 4.78 is 0. The lowest BCUT2D eigenvalue weighted by molar-refractivity contribution is 0.327. The highest BCUT2D eigenvalue weighted by Crippen LogP contribution is 2.13. The normalized spacial score (nSPS) is 16.8. The number of rotatable bonds is 11. The van der Waals surface area contributed by atoms with Gasteiger partial charge in [0.25, 0.3) is 0 Å². The van der Waals surface area contributed by atoms with Crippen LogP contribution < -0.4 is 0 Å². The van der Waals surface area contributed by atoms with Gasteiger partial charge in [0.15, 0.2) is 0 Å². The molecule has 0 radical (unpaired) electrons. The second-order valence-electron chi connectivity index (χ2n) is 6.56. The van der Waals surface area contributed by atoms with Crippen LogP contribution in [0.3, 0.4) is 0 Å². The summed E-state index contributed by atoms with van der Waals surface area (Å²) in [6.07, 6.45) is 16.0. The molecule has 1 rings (SSSR count). The van der Waals surface area contributed by atoms with E-state index in [0.717, 1.165) is 5.92 Å². The number of hydrogen-bond donors (Lipinski definition) is 0. The van der Waals surface area contributed by atoms with Gasteiger partial charge in [-0.25, -0.2) is 0 Å². The molecule has 108 valence electrons. The molecule has 0 atom stereocenters. The minimum atomic E-state index is 0.899. The Morgan fingerprint density at radius 1 is 0.722 bits per heavy atom. The monoisotopic (exact) mass is 253 g/mol. The lowest BCUT2D eigenvalue weighted by atomic mass is 10.0. The van der Waals surface area contributed by atoms with Gasteiger partial charge in [-0.05, 0) is 44.8 Å². The van der Waals surface area contributed by atoms with E-state index in [-0.39, 0.29) is 0 Å². The van der Waals surface area contributed by atoms with Crippen molar-refractivity contribution in [3.63, 3.8) is 0 Å². The third kappa shape index (κ3) is 8.97. The Morgan fingerprint density at radius 3 is 1.78 bits per heavy atom. The van der Waals surface area contributed by atoms with Crippen molar-refractivity contribution in [2.24, 2.45) is 5.92 Å². The van der Waals surface area contributed by atoms with Crippen LogP contribution in [0.2, 0.25) is 0 Å². The molecule has 0 amide bonds. The second kappa shape index (κ2) is 10.8. The van der Waals surface area contributed by atoms with Crippen molar-refractivity contribution in [2.45, 2.75) is 84.5 Å². The molecule has 1 nitrogen and oxygen atoms in total. The van der Waals surface area contributed by atoms with Crippen LogP contribution in [0.5, 0.6) is 0 Å². The average molecular weight is 253 g/mol. The molecule has 0 spiro atoms. The Bertz CT molecular complexity index is 170. The summed E-state index contributed by atoms with van der Waals surface area (Å²) in [6, 6.07) is 0. The van der Waals surface area contributed by atoms with Crippen LogP contribution in [0.25, 0.3) is 0 Å². The van der Waals surface area contributed by atoms with Crippen LogP contribution in [0.4, 0.5) is 0 Å². The van der Waals surface area contributed by atoms with Gasteiger partial charge in [-0.1, -0.05) is 65.2 Å². The molecule has 1 aliphatic heterocycles. The van der Waals surface area contributed by atoms with E-state index in [0.29, 0.717) is 0 Å². The van der Waals surface area contributed by atoms with Gasteiger partial charge >= 0.3 is 0 Å². The van der Waals surface area contributed by atoms with Gasteiger partial charge in [0.1, 0.15) is 0 Å². The van der Waals surface area contributed by atoms with E-state index in [1.807, 2.05) is 0 Å².